The molecule has 47 valence electrons. The van der Waals surface area contributed by atoms with Gasteiger partial charge in [0.2, 0.25) is 0 Å². The van der Waals surface area contributed by atoms with E-state index in [1.54, 1.807) is 6.07 Å². The number of nitrogens with zero attached hydrogens (tertiary/aromatic N) is 1. The van der Waals surface area contributed by atoms with Crippen LogP contribution in [0.25, 0.3) is 0 Å². The van der Waals surface area contributed by atoms with Crippen molar-refractivity contribution < 1.29 is 0 Å². The van der Waals surface area contributed by atoms with Gasteiger partial charge in [0.25, 0.3) is 0 Å². The summed E-state index contributed by atoms with van der Waals surface area (Å²) in [6, 6.07) is 4.48. The Morgan fingerprint density at radius 2 is 2.22 bits per heavy atom. The van der Waals surface area contributed by atoms with E-state index in [-0.39, 0.29) is 0 Å². The smallest absolute Gasteiger partial charge is 0.139 e. The molecule has 0 N–H and O–H groups in total. The summed E-state index contributed by atoms with van der Waals surface area (Å²) >= 11 is 11.0. The van der Waals surface area contributed by atoms with Crippen LogP contribution in [0, 0.1) is 13.0 Å². The zero-order chi connectivity index (χ0) is 6.85. The molecule has 1 aromatic heterocycles. The van der Waals surface area contributed by atoms with E-state index in [1.165, 1.54) is 0 Å². The molecular formula is C6H4Cl2N. The van der Waals surface area contributed by atoms with Gasteiger partial charge >= 0.3 is 0 Å². The van der Waals surface area contributed by atoms with Crippen molar-refractivity contribution in [2.24, 2.45) is 0 Å². The van der Waals surface area contributed by atoms with Crippen LogP contribution in [-0.2, 0) is 0 Å². The molecule has 0 aliphatic heterocycles. The second kappa shape index (κ2) is 2.54. The molecule has 0 saturated carbocycles. The number of pyridine rings is 1. The zero-order valence-electron chi connectivity index (χ0n) is 4.78. The molecule has 0 aromatic carbocycles. The summed E-state index contributed by atoms with van der Waals surface area (Å²) in [5.74, 6) is 0. The van der Waals surface area contributed by atoms with Crippen molar-refractivity contribution in [2.75, 3.05) is 0 Å². The first-order chi connectivity index (χ1) is 4.18. The molecule has 1 nitrogen and oxygen atoms in total. The summed E-state index contributed by atoms with van der Waals surface area (Å²) in [5, 5.41) is 0.733. The molecule has 0 unspecified atom stereocenters. The van der Waals surface area contributed by atoms with Crippen LogP contribution in [0.2, 0.25) is 10.3 Å². The Labute approximate surface area is 63.6 Å². The van der Waals surface area contributed by atoms with Gasteiger partial charge in [-0.1, -0.05) is 23.2 Å². The first-order valence-corrected chi connectivity index (χ1v) is 3.16. The van der Waals surface area contributed by atoms with Crippen LogP contribution < -0.4 is 0 Å². The zero-order valence-corrected chi connectivity index (χ0v) is 6.29. The molecule has 0 amide bonds. The van der Waals surface area contributed by atoms with E-state index in [2.05, 4.69) is 11.1 Å². The lowest BCUT2D eigenvalue weighted by atomic mass is 10.3. The highest BCUT2D eigenvalue weighted by Crippen LogP contribution is 2.12. The molecule has 0 aliphatic rings. The van der Waals surface area contributed by atoms with E-state index in [0.29, 0.717) is 10.3 Å². The van der Waals surface area contributed by atoms with Gasteiger partial charge in [-0.3, -0.25) is 0 Å². The van der Waals surface area contributed by atoms with Gasteiger partial charge in [-0.2, -0.15) is 0 Å². The van der Waals surface area contributed by atoms with Crippen molar-refractivity contribution >= 4 is 23.2 Å². The standard InChI is InChI=1S/C6H4Cl2N/c1-4-2-5(7)9-6(8)3-4/h2H,1H3. The molecule has 0 atom stereocenters. The van der Waals surface area contributed by atoms with E-state index in [9.17, 15) is 0 Å². The molecule has 1 rings (SSSR count). The molecule has 1 aromatic rings. The van der Waals surface area contributed by atoms with E-state index in [0.717, 1.165) is 5.56 Å². The number of rotatable bonds is 0. The summed E-state index contributed by atoms with van der Waals surface area (Å²) in [5.41, 5.74) is 0.903. The van der Waals surface area contributed by atoms with Crippen molar-refractivity contribution in [2.45, 2.75) is 6.92 Å². The minimum Gasteiger partial charge on any atom is -0.224 e. The van der Waals surface area contributed by atoms with Crippen LogP contribution >= 0.6 is 23.2 Å². The van der Waals surface area contributed by atoms with Crippen LogP contribution in [0.15, 0.2) is 6.07 Å². The third kappa shape index (κ3) is 1.84. The second-order valence-corrected chi connectivity index (χ2v) is 2.42. The molecule has 1 heterocycles. The SMILES string of the molecule is Cc1[c]c(Cl)nc(Cl)c1. The molecule has 3 heteroatoms. The fourth-order valence-corrected chi connectivity index (χ4v) is 1.06. The van der Waals surface area contributed by atoms with Crippen LogP contribution in [0.1, 0.15) is 5.56 Å². The van der Waals surface area contributed by atoms with Gasteiger partial charge < -0.3 is 0 Å². The molecular weight excluding hydrogens is 157 g/mol. The van der Waals surface area contributed by atoms with Gasteiger partial charge in [0, 0.05) is 6.07 Å². The van der Waals surface area contributed by atoms with Crippen LogP contribution in [0.4, 0.5) is 0 Å². The van der Waals surface area contributed by atoms with E-state index >= 15 is 0 Å². The van der Waals surface area contributed by atoms with Gasteiger partial charge in [-0.15, -0.1) is 0 Å². The number of halogens is 2. The van der Waals surface area contributed by atoms with Crippen molar-refractivity contribution in [3.63, 3.8) is 0 Å². The molecule has 0 aliphatic carbocycles. The predicted octanol–water partition coefficient (Wildman–Crippen LogP) is 2.50. The summed E-state index contributed by atoms with van der Waals surface area (Å²) in [6.07, 6.45) is 0. The minimum atomic E-state index is 0.319. The summed E-state index contributed by atoms with van der Waals surface area (Å²) in [7, 11) is 0. The predicted molar refractivity (Wildman–Crippen MR) is 37.8 cm³/mol. The van der Waals surface area contributed by atoms with Crippen molar-refractivity contribution in [1.82, 2.24) is 4.98 Å². The first-order valence-electron chi connectivity index (χ1n) is 2.40. The number of aryl methyl sites for hydroxylation is 1. The summed E-state index contributed by atoms with van der Waals surface area (Å²) < 4.78 is 0. The highest BCUT2D eigenvalue weighted by molar-refractivity contribution is 6.32. The number of hydrogen-bond acceptors (Lipinski definition) is 1. The Kier molecular flexibility index (Phi) is 1.94. The van der Waals surface area contributed by atoms with Crippen LogP contribution in [0.3, 0.4) is 0 Å². The third-order valence-electron chi connectivity index (χ3n) is 0.841. The second-order valence-electron chi connectivity index (χ2n) is 1.68. The Bertz CT molecular complexity index is 172. The monoisotopic (exact) mass is 160 g/mol. The number of aromatic nitrogens is 1. The fraction of sp³-hybridized carbons (Fsp3) is 0.167. The Balaban J connectivity index is 3.17. The lowest BCUT2D eigenvalue weighted by Crippen LogP contribution is -1.78. The summed E-state index contributed by atoms with van der Waals surface area (Å²) in [6.45, 7) is 1.86. The van der Waals surface area contributed by atoms with Crippen molar-refractivity contribution in [3.8, 4) is 0 Å². The largest absolute Gasteiger partial charge is 0.224 e. The topological polar surface area (TPSA) is 12.9 Å². The molecule has 0 bridgehead atoms. The van der Waals surface area contributed by atoms with E-state index in [4.69, 9.17) is 23.2 Å². The van der Waals surface area contributed by atoms with Crippen molar-refractivity contribution in [3.05, 3.63) is 28.0 Å². The lowest BCUT2D eigenvalue weighted by molar-refractivity contribution is 1.28. The fourth-order valence-electron chi connectivity index (χ4n) is 0.531. The van der Waals surface area contributed by atoms with Gasteiger partial charge in [0.1, 0.15) is 10.3 Å². The summed E-state index contributed by atoms with van der Waals surface area (Å²) in [4.78, 5) is 3.71. The highest BCUT2D eigenvalue weighted by Gasteiger charge is 1.93. The molecule has 0 fully saturated rings. The maximum Gasteiger partial charge on any atom is 0.139 e. The van der Waals surface area contributed by atoms with Gasteiger partial charge in [-0.25, -0.2) is 4.98 Å². The maximum atomic E-state index is 5.53. The molecule has 1 radical (unpaired) electrons. The molecule has 0 spiro atoms. The lowest BCUT2D eigenvalue weighted by Gasteiger charge is -1.91. The Hall–Kier alpha value is -0.270. The van der Waals surface area contributed by atoms with Crippen molar-refractivity contribution in [1.29, 1.82) is 0 Å². The van der Waals surface area contributed by atoms with Crippen LogP contribution in [0.5, 0.6) is 0 Å². The van der Waals surface area contributed by atoms with Gasteiger partial charge in [0.05, 0.1) is 0 Å². The van der Waals surface area contributed by atoms with Crippen LogP contribution in [-0.4, -0.2) is 4.98 Å². The molecule has 0 saturated heterocycles. The minimum absolute atomic E-state index is 0.319. The quantitative estimate of drug-likeness (QED) is 0.532. The average molecular weight is 161 g/mol. The van der Waals surface area contributed by atoms with Gasteiger partial charge in [-0.05, 0) is 18.6 Å². The maximum absolute atomic E-state index is 5.53. The number of hydrogen-bond donors (Lipinski definition) is 0. The Morgan fingerprint density at radius 1 is 1.56 bits per heavy atom. The van der Waals surface area contributed by atoms with E-state index in [1.807, 2.05) is 6.92 Å². The normalized spacial score (nSPS) is 9.67. The highest BCUT2D eigenvalue weighted by atomic mass is 35.5. The molecule has 9 heavy (non-hydrogen) atoms. The third-order valence-corrected chi connectivity index (χ3v) is 1.21. The van der Waals surface area contributed by atoms with Gasteiger partial charge in [0.15, 0.2) is 0 Å². The van der Waals surface area contributed by atoms with E-state index < -0.39 is 0 Å². The average Bonchev–Trinajstić information content (AvgIpc) is 1.59. The Morgan fingerprint density at radius 3 is 2.67 bits per heavy atom. The first kappa shape index (κ1) is 6.84.